The number of aromatic nitrogens is 3. The average Bonchev–Trinajstić information content (AvgIpc) is 3.19. The number of hydrogen-bond acceptors (Lipinski definition) is 4. The predicted molar refractivity (Wildman–Crippen MR) is 84.1 cm³/mol. The van der Waals surface area contributed by atoms with Crippen LogP contribution in [0.15, 0.2) is 45.7 Å². The van der Waals surface area contributed by atoms with E-state index >= 15 is 0 Å². The molecule has 1 aromatic carbocycles. The smallest absolute Gasteiger partial charge is 0.273 e. The van der Waals surface area contributed by atoms with Gasteiger partial charge in [-0.15, -0.1) is 0 Å². The zero-order valence-electron chi connectivity index (χ0n) is 12.2. The molecular formula is C15H11BrF2N4O2. The maximum absolute atomic E-state index is 13.2. The maximum Gasteiger partial charge on any atom is 0.273 e. The zero-order valence-corrected chi connectivity index (χ0v) is 13.8. The third-order valence-electron chi connectivity index (χ3n) is 3.18. The number of carbonyl (C=O) groups is 1. The topological polar surface area (TPSA) is 73.0 Å². The number of benzene rings is 1. The van der Waals surface area contributed by atoms with Crippen molar-refractivity contribution in [1.82, 2.24) is 20.3 Å². The summed E-state index contributed by atoms with van der Waals surface area (Å²) in [5.74, 6) is -2.21. The summed E-state index contributed by atoms with van der Waals surface area (Å²) in [6.45, 7) is 0.839. The molecule has 0 unspecified atom stereocenters. The molecule has 0 aliphatic rings. The third kappa shape index (κ3) is 3.67. The number of carbonyl (C=O) groups excluding carboxylic acids is 1. The van der Waals surface area contributed by atoms with Gasteiger partial charge in [0, 0.05) is 24.4 Å². The van der Waals surface area contributed by atoms with Gasteiger partial charge in [0.15, 0.2) is 23.1 Å². The second-order valence-electron chi connectivity index (χ2n) is 4.88. The van der Waals surface area contributed by atoms with Crippen molar-refractivity contribution in [1.29, 1.82) is 0 Å². The van der Waals surface area contributed by atoms with Crippen LogP contribution in [0.3, 0.4) is 0 Å². The molecule has 0 aliphatic heterocycles. The average molecular weight is 397 g/mol. The third-order valence-corrected chi connectivity index (χ3v) is 3.58. The van der Waals surface area contributed by atoms with Gasteiger partial charge in [-0.2, -0.15) is 5.10 Å². The van der Waals surface area contributed by atoms with Gasteiger partial charge >= 0.3 is 0 Å². The molecule has 24 heavy (non-hydrogen) atoms. The minimum atomic E-state index is -1.000. The fraction of sp³-hybridized carbons (Fsp3) is 0.133. The Labute approximate surface area is 143 Å². The molecule has 0 bridgehead atoms. The summed E-state index contributed by atoms with van der Waals surface area (Å²) >= 11 is 3.28. The second kappa shape index (κ2) is 6.91. The number of hydrogen-bond donors (Lipinski definition) is 1. The molecule has 0 fully saturated rings. The van der Waals surface area contributed by atoms with E-state index in [0.717, 1.165) is 16.6 Å². The lowest BCUT2D eigenvalue weighted by molar-refractivity contribution is 0.0943. The maximum atomic E-state index is 13.2. The quantitative estimate of drug-likeness (QED) is 0.719. The van der Waals surface area contributed by atoms with Crippen molar-refractivity contribution < 1.29 is 18.1 Å². The summed E-state index contributed by atoms with van der Waals surface area (Å²) in [5.41, 5.74) is 0.346. The van der Waals surface area contributed by atoms with Crippen molar-refractivity contribution in [3.8, 4) is 11.3 Å². The second-order valence-corrected chi connectivity index (χ2v) is 5.80. The first-order chi connectivity index (χ1) is 11.5. The molecule has 3 rings (SSSR count). The number of halogens is 3. The largest absolute Gasteiger partial charge is 0.355 e. The Morgan fingerprint density at radius 2 is 2.12 bits per heavy atom. The van der Waals surface area contributed by atoms with Crippen LogP contribution in [0.2, 0.25) is 0 Å². The van der Waals surface area contributed by atoms with Gasteiger partial charge in [0.05, 0.1) is 17.2 Å². The first-order valence-corrected chi connectivity index (χ1v) is 7.70. The van der Waals surface area contributed by atoms with Gasteiger partial charge in [-0.25, -0.2) is 8.78 Å². The van der Waals surface area contributed by atoms with Crippen LogP contribution in [0.5, 0.6) is 0 Å². The van der Waals surface area contributed by atoms with Crippen LogP contribution in [-0.4, -0.2) is 27.4 Å². The zero-order chi connectivity index (χ0) is 17.1. The molecule has 124 valence electrons. The fourth-order valence-corrected chi connectivity index (χ4v) is 2.33. The van der Waals surface area contributed by atoms with Crippen molar-refractivity contribution in [3.63, 3.8) is 0 Å². The Kier molecular flexibility index (Phi) is 4.70. The first-order valence-electron chi connectivity index (χ1n) is 6.91. The van der Waals surface area contributed by atoms with E-state index < -0.39 is 17.5 Å². The molecule has 3 aromatic rings. The summed E-state index contributed by atoms with van der Waals surface area (Å²) < 4.78 is 33.7. The minimum absolute atomic E-state index is 0.0522. The van der Waals surface area contributed by atoms with Crippen LogP contribution >= 0.6 is 15.9 Å². The molecule has 9 heteroatoms. The van der Waals surface area contributed by atoms with Gasteiger partial charge in [-0.1, -0.05) is 5.16 Å². The highest BCUT2D eigenvalue weighted by molar-refractivity contribution is 9.10. The van der Waals surface area contributed by atoms with Gasteiger partial charge in [-0.3, -0.25) is 9.48 Å². The van der Waals surface area contributed by atoms with Gasteiger partial charge in [-0.05, 0) is 34.1 Å². The molecule has 0 saturated heterocycles. The molecule has 0 aliphatic carbocycles. The van der Waals surface area contributed by atoms with E-state index in [1.807, 2.05) is 0 Å². The molecule has 1 N–H and O–H groups in total. The lowest BCUT2D eigenvalue weighted by Crippen LogP contribution is -2.27. The predicted octanol–water partition coefficient (Wildman–Crippen LogP) is 3.01. The standard InChI is InChI=1S/C15H11BrF2N4O2/c16-10-7-20-22(8-10)4-3-19-15(23)13-6-14(24-21-13)9-1-2-11(17)12(18)5-9/h1-2,5-8H,3-4H2,(H,19,23). The van der Waals surface area contributed by atoms with Gasteiger partial charge in [0.1, 0.15) is 0 Å². The Balaban J connectivity index is 1.61. The van der Waals surface area contributed by atoms with Crippen molar-refractivity contribution >= 4 is 21.8 Å². The molecule has 0 saturated carbocycles. The van der Waals surface area contributed by atoms with E-state index in [9.17, 15) is 13.6 Å². The summed E-state index contributed by atoms with van der Waals surface area (Å²) in [7, 11) is 0. The van der Waals surface area contributed by atoms with Crippen molar-refractivity contribution in [2.24, 2.45) is 0 Å². The summed E-state index contributed by atoms with van der Waals surface area (Å²) in [5, 5.41) is 10.4. The molecule has 6 nitrogen and oxygen atoms in total. The van der Waals surface area contributed by atoms with Gasteiger partial charge < -0.3 is 9.84 Å². The summed E-state index contributed by atoms with van der Waals surface area (Å²) in [4.78, 5) is 12.0. The molecule has 0 spiro atoms. The monoisotopic (exact) mass is 396 g/mol. The molecular weight excluding hydrogens is 386 g/mol. The van der Waals surface area contributed by atoms with Crippen LogP contribution in [0.25, 0.3) is 11.3 Å². The number of nitrogens with zero attached hydrogens (tertiary/aromatic N) is 3. The Morgan fingerprint density at radius 1 is 1.29 bits per heavy atom. The van der Waals surface area contributed by atoms with E-state index in [1.165, 1.54) is 12.1 Å². The highest BCUT2D eigenvalue weighted by atomic mass is 79.9. The lowest BCUT2D eigenvalue weighted by Gasteiger charge is -2.02. The molecule has 2 aromatic heterocycles. The number of amides is 1. The summed E-state index contributed by atoms with van der Waals surface area (Å²) in [6.07, 6.45) is 3.43. The molecule has 0 radical (unpaired) electrons. The van der Waals surface area contributed by atoms with Crippen molar-refractivity contribution in [3.05, 3.63) is 58.5 Å². The van der Waals surface area contributed by atoms with E-state index in [4.69, 9.17) is 4.52 Å². The van der Waals surface area contributed by atoms with Crippen LogP contribution in [0.4, 0.5) is 8.78 Å². The van der Waals surface area contributed by atoms with Crippen LogP contribution in [-0.2, 0) is 6.54 Å². The van der Waals surface area contributed by atoms with Gasteiger partial charge in [0.25, 0.3) is 5.91 Å². The van der Waals surface area contributed by atoms with Gasteiger partial charge in [0.2, 0.25) is 0 Å². The first kappa shape index (κ1) is 16.3. The fourth-order valence-electron chi connectivity index (χ4n) is 2.00. The molecule has 2 heterocycles. The SMILES string of the molecule is O=C(NCCn1cc(Br)cn1)c1cc(-c2ccc(F)c(F)c2)on1. The number of rotatable bonds is 5. The summed E-state index contributed by atoms with van der Waals surface area (Å²) in [6, 6.07) is 4.67. The molecule has 1 amide bonds. The highest BCUT2D eigenvalue weighted by Gasteiger charge is 2.14. The van der Waals surface area contributed by atoms with Crippen LogP contribution < -0.4 is 5.32 Å². The van der Waals surface area contributed by atoms with Crippen molar-refractivity contribution in [2.75, 3.05) is 6.54 Å². The minimum Gasteiger partial charge on any atom is -0.355 e. The van der Waals surface area contributed by atoms with E-state index in [0.29, 0.717) is 18.7 Å². The Hall–Kier alpha value is -2.55. The van der Waals surface area contributed by atoms with E-state index in [-0.39, 0.29) is 11.5 Å². The highest BCUT2D eigenvalue weighted by Crippen LogP contribution is 2.22. The lowest BCUT2D eigenvalue weighted by atomic mass is 10.1. The van der Waals surface area contributed by atoms with Crippen molar-refractivity contribution in [2.45, 2.75) is 6.54 Å². The normalized spacial score (nSPS) is 10.8. The van der Waals surface area contributed by atoms with Crippen LogP contribution in [0.1, 0.15) is 10.5 Å². The van der Waals surface area contributed by atoms with Crippen LogP contribution in [0, 0.1) is 11.6 Å². The Bertz CT molecular complexity index is 878. The Morgan fingerprint density at radius 3 is 2.83 bits per heavy atom. The van der Waals surface area contributed by atoms with E-state index in [1.54, 1.807) is 17.1 Å². The molecule has 0 atom stereocenters. The number of nitrogens with one attached hydrogen (secondary N) is 1. The van der Waals surface area contributed by atoms with E-state index in [2.05, 4.69) is 31.5 Å².